The molecule has 0 aliphatic carbocycles. The van der Waals surface area contributed by atoms with Crippen LogP contribution in [0.2, 0.25) is 0 Å². The van der Waals surface area contributed by atoms with Gasteiger partial charge in [0, 0.05) is 13.6 Å². The molecule has 1 aliphatic heterocycles. The summed E-state index contributed by atoms with van der Waals surface area (Å²) in [5.74, 6) is 0.00748. The number of carbonyl (C=O) groups excluding carboxylic acids is 1. The van der Waals surface area contributed by atoms with Gasteiger partial charge in [0.1, 0.15) is 0 Å². The molecular formula is C9H18N2O2. The van der Waals surface area contributed by atoms with Gasteiger partial charge < -0.3 is 5.32 Å². The first-order chi connectivity index (χ1) is 5.96. The number of hydrogen-bond acceptors (Lipinski definition) is 3. The Hall–Kier alpha value is -0.610. The van der Waals surface area contributed by atoms with Gasteiger partial charge in [-0.15, -0.1) is 0 Å². The van der Waals surface area contributed by atoms with Crippen molar-refractivity contribution in [2.75, 3.05) is 20.7 Å². The molecule has 1 N–H and O–H groups in total. The average Bonchev–Trinajstić information content (AvgIpc) is 2.43. The lowest BCUT2D eigenvalue weighted by atomic mass is 9.90. The molecule has 1 saturated heterocycles. The van der Waals surface area contributed by atoms with Gasteiger partial charge in [-0.1, -0.05) is 13.8 Å². The second kappa shape index (κ2) is 3.64. The van der Waals surface area contributed by atoms with Crippen LogP contribution in [0.5, 0.6) is 0 Å². The molecular weight excluding hydrogens is 168 g/mol. The second-order valence-corrected chi connectivity index (χ2v) is 4.32. The Morgan fingerprint density at radius 3 is 2.62 bits per heavy atom. The summed E-state index contributed by atoms with van der Waals surface area (Å²) in [7, 11) is 3.13. The highest BCUT2D eigenvalue weighted by atomic mass is 16.7. The van der Waals surface area contributed by atoms with Gasteiger partial charge in [-0.2, -0.15) is 0 Å². The van der Waals surface area contributed by atoms with E-state index in [1.54, 1.807) is 7.05 Å². The lowest BCUT2D eigenvalue weighted by molar-refractivity contribution is -0.170. The van der Waals surface area contributed by atoms with E-state index in [1.165, 1.54) is 12.2 Å². The van der Waals surface area contributed by atoms with E-state index in [9.17, 15) is 4.79 Å². The van der Waals surface area contributed by atoms with Gasteiger partial charge in [0.2, 0.25) is 0 Å². The number of hydrogen-bond donors (Lipinski definition) is 1. The molecule has 0 bridgehead atoms. The molecule has 0 aromatic heterocycles. The van der Waals surface area contributed by atoms with Gasteiger partial charge in [0.15, 0.2) is 0 Å². The van der Waals surface area contributed by atoms with Gasteiger partial charge in [-0.25, -0.2) is 5.06 Å². The largest absolute Gasteiger partial charge is 0.305 e. The van der Waals surface area contributed by atoms with Crippen molar-refractivity contribution in [3.63, 3.8) is 0 Å². The monoisotopic (exact) mass is 186 g/mol. The number of likely N-dealkylation sites (N-methyl/N-ethyl adjacent to an activating group) is 1. The van der Waals surface area contributed by atoms with Crippen molar-refractivity contribution in [1.29, 1.82) is 0 Å². The predicted octanol–water partition coefficient (Wildman–Crippen LogP) is 0.394. The summed E-state index contributed by atoms with van der Waals surface area (Å²) < 4.78 is 0. The van der Waals surface area contributed by atoms with E-state index in [2.05, 4.69) is 19.2 Å². The van der Waals surface area contributed by atoms with E-state index in [0.717, 1.165) is 13.0 Å². The zero-order chi connectivity index (χ0) is 10.1. The summed E-state index contributed by atoms with van der Waals surface area (Å²) >= 11 is 0. The van der Waals surface area contributed by atoms with Crippen molar-refractivity contribution in [3.05, 3.63) is 0 Å². The van der Waals surface area contributed by atoms with Crippen LogP contribution in [0.1, 0.15) is 20.3 Å². The van der Waals surface area contributed by atoms with E-state index >= 15 is 0 Å². The quantitative estimate of drug-likeness (QED) is 0.634. The van der Waals surface area contributed by atoms with E-state index in [1.807, 2.05) is 0 Å². The van der Waals surface area contributed by atoms with Crippen LogP contribution >= 0.6 is 0 Å². The van der Waals surface area contributed by atoms with E-state index in [4.69, 9.17) is 4.84 Å². The standard InChI is InChI=1S/C9H18N2O2/c1-9(2)5-7(10-6-9)8(12)11(3)13-4/h7,10H,5-6H2,1-4H3/t7-/m0/s1. The van der Waals surface area contributed by atoms with Gasteiger partial charge >= 0.3 is 0 Å². The molecule has 1 aliphatic rings. The minimum atomic E-state index is -0.0834. The summed E-state index contributed by atoms with van der Waals surface area (Å²) in [4.78, 5) is 16.4. The van der Waals surface area contributed by atoms with Crippen molar-refractivity contribution < 1.29 is 9.63 Å². The van der Waals surface area contributed by atoms with Crippen LogP contribution in [0.4, 0.5) is 0 Å². The molecule has 76 valence electrons. The highest BCUT2D eigenvalue weighted by Gasteiger charge is 2.35. The van der Waals surface area contributed by atoms with E-state index < -0.39 is 0 Å². The number of amides is 1. The van der Waals surface area contributed by atoms with Crippen LogP contribution in [-0.4, -0.2) is 37.7 Å². The molecule has 0 radical (unpaired) electrons. The zero-order valence-electron chi connectivity index (χ0n) is 8.76. The van der Waals surface area contributed by atoms with Crippen molar-refractivity contribution in [3.8, 4) is 0 Å². The molecule has 4 heteroatoms. The fraction of sp³-hybridized carbons (Fsp3) is 0.889. The number of nitrogens with zero attached hydrogens (tertiary/aromatic N) is 1. The zero-order valence-corrected chi connectivity index (χ0v) is 8.76. The van der Waals surface area contributed by atoms with Crippen LogP contribution in [-0.2, 0) is 9.63 Å². The first kappa shape index (κ1) is 10.5. The third-order valence-corrected chi connectivity index (χ3v) is 2.47. The molecule has 0 saturated carbocycles. The van der Waals surface area contributed by atoms with Gasteiger partial charge in [-0.05, 0) is 11.8 Å². The number of hydroxylamine groups is 2. The summed E-state index contributed by atoms with van der Waals surface area (Å²) in [5, 5.41) is 4.47. The lowest BCUT2D eigenvalue weighted by Crippen LogP contribution is -2.40. The molecule has 0 aromatic rings. The van der Waals surface area contributed by atoms with Gasteiger partial charge in [0.05, 0.1) is 13.2 Å². The van der Waals surface area contributed by atoms with Crippen LogP contribution < -0.4 is 5.32 Å². The average molecular weight is 186 g/mol. The van der Waals surface area contributed by atoms with Crippen molar-refractivity contribution in [2.45, 2.75) is 26.3 Å². The van der Waals surface area contributed by atoms with Crippen LogP contribution in [0.3, 0.4) is 0 Å². The number of rotatable bonds is 2. The highest BCUT2D eigenvalue weighted by Crippen LogP contribution is 2.27. The fourth-order valence-electron chi connectivity index (χ4n) is 1.58. The molecule has 4 nitrogen and oxygen atoms in total. The Balaban J connectivity index is 2.51. The third kappa shape index (κ3) is 2.42. The second-order valence-electron chi connectivity index (χ2n) is 4.32. The fourth-order valence-corrected chi connectivity index (χ4v) is 1.58. The Morgan fingerprint density at radius 2 is 2.23 bits per heavy atom. The Labute approximate surface area is 79.2 Å². The van der Waals surface area contributed by atoms with Crippen LogP contribution in [0, 0.1) is 5.41 Å². The maximum atomic E-state index is 11.6. The predicted molar refractivity (Wildman–Crippen MR) is 50.0 cm³/mol. The van der Waals surface area contributed by atoms with Gasteiger partial charge in [0.25, 0.3) is 5.91 Å². The van der Waals surface area contributed by atoms with Crippen LogP contribution in [0.15, 0.2) is 0 Å². The highest BCUT2D eigenvalue weighted by molar-refractivity contribution is 5.81. The molecule has 0 spiro atoms. The maximum absolute atomic E-state index is 11.6. The molecule has 0 aromatic carbocycles. The minimum absolute atomic E-state index is 0.00748. The first-order valence-electron chi connectivity index (χ1n) is 4.51. The van der Waals surface area contributed by atoms with Crippen molar-refractivity contribution >= 4 is 5.91 Å². The molecule has 13 heavy (non-hydrogen) atoms. The summed E-state index contributed by atoms with van der Waals surface area (Å²) in [6.45, 7) is 5.20. The summed E-state index contributed by atoms with van der Waals surface area (Å²) in [5.41, 5.74) is 0.217. The Kier molecular flexibility index (Phi) is 2.93. The van der Waals surface area contributed by atoms with E-state index in [0.29, 0.717) is 0 Å². The molecule has 1 amide bonds. The Bertz CT molecular complexity index is 204. The Morgan fingerprint density at radius 1 is 1.62 bits per heavy atom. The maximum Gasteiger partial charge on any atom is 0.262 e. The topological polar surface area (TPSA) is 41.6 Å². The molecule has 1 fully saturated rings. The van der Waals surface area contributed by atoms with Crippen LogP contribution in [0.25, 0.3) is 0 Å². The van der Waals surface area contributed by atoms with Crippen molar-refractivity contribution in [1.82, 2.24) is 10.4 Å². The SMILES string of the molecule is CON(C)C(=O)[C@@H]1CC(C)(C)CN1. The molecule has 0 unspecified atom stereocenters. The normalized spacial score (nSPS) is 26.0. The summed E-state index contributed by atoms with van der Waals surface area (Å²) in [6, 6.07) is -0.0834. The molecule has 1 heterocycles. The lowest BCUT2D eigenvalue weighted by Gasteiger charge is -2.19. The van der Waals surface area contributed by atoms with E-state index in [-0.39, 0.29) is 17.4 Å². The third-order valence-electron chi connectivity index (χ3n) is 2.47. The minimum Gasteiger partial charge on any atom is -0.305 e. The number of nitrogens with one attached hydrogen (secondary N) is 1. The first-order valence-corrected chi connectivity index (χ1v) is 4.51. The van der Waals surface area contributed by atoms with Gasteiger partial charge in [-0.3, -0.25) is 9.63 Å². The molecule has 1 rings (SSSR count). The number of carbonyl (C=O) groups is 1. The molecule has 1 atom stereocenters. The summed E-state index contributed by atoms with van der Waals surface area (Å²) in [6.07, 6.45) is 0.875. The van der Waals surface area contributed by atoms with Crippen molar-refractivity contribution in [2.24, 2.45) is 5.41 Å². The smallest absolute Gasteiger partial charge is 0.262 e.